The molecule has 1 aromatic rings. The highest BCUT2D eigenvalue weighted by atomic mass is 35.5. The number of rotatable bonds is 7. The number of carbonyl (C=O) groups is 1. The lowest BCUT2D eigenvalue weighted by molar-refractivity contribution is -0.137. The van der Waals surface area contributed by atoms with Crippen molar-refractivity contribution in [2.45, 2.75) is 22.6 Å². The van der Waals surface area contributed by atoms with E-state index in [-0.39, 0.29) is 34.2 Å². The first kappa shape index (κ1) is 17.9. The van der Waals surface area contributed by atoms with Gasteiger partial charge >= 0.3 is 5.97 Å². The maximum Gasteiger partial charge on any atom is 0.303 e. The Balaban J connectivity index is 3.00. The highest BCUT2D eigenvalue weighted by Gasteiger charge is 2.20. The molecule has 0 heterocycles. The maximum atomic E-state index is 12.0. The Labute approximate surface area is 127 Å². The average molecular weight is 356 g/mol. The number of benzene rings is 1. The molecule has 0 spiro atoms. The van der Waals surface area contributed by atoms with Crippen LogP contribution in [-0.4, -0.2) is 40.7 Å². The highest BCUT2D eigenvalue weighted by Crippen LogP contribution is 2.24. The van der Waals surface area contributed by atoms with Crippen LogP contribution in [-0.2, 0) is 24.7 Å². The van der Waals surface area contributed by atoms with E-state index in [1.165, 1.54) is 12.1 Å². The third-order valence-electron chi connectivity index (χ3n) is 2.48. The molecule has 2 N–H and O–H groups in total. The lowest BCUT2D eigenvalue weighted by Crippen LogP contribution is -2.25. The number of sulfone groups is 1. The zero-order chi connectivity index (χ0) is 16.3. The summed E-state index contributed by atoms with van der Waals surface area (Å²) < 4.78 is 49.1. The van der Waals surface area contributed by atoms with Gasteiger partial charge < -0.3 is 5.11 Å². The van der Waals surface area contributed by atoms with Gasteiger partial charge in [0.25, 0.3) is 0 Å². The summed E-state index contributed by atoms with van der Waals surface area (Å²) in [5, 5.41) is 8.35. The molecule has 0 saturated carbocycles. The molecule has 0 fully saturated rings. The third-order valence-corrected chi connectivity index (χ3v) is 5.53. The normalized spacial score (nSPS) is 12.3. The van der Waals surface area contributed by atoms with Gasteiger partial charge in [-0.15, -0.1) is 0 Å². The maximum absolute atomic E-state index is 12.0. The summed E-state index contributed by atoms with van der Waals surface area (Å²) in [4.78, 5) is 9.81. The van der Waals surface area contributed by atoms with E-state index in [1.807, 2.05) is 0 Å². The monoisotopic (exact) mass is 355 g/mol. The van der Waals surface area contributed by atoms with E-state index in [2.05, 4.69) is 4.72 Å². The molecule has 0 aromatic heterocycles. The van der Waals surface area contributed by atoms with Crippen LogP contribution in [0.25, 0.3) is 0 Å². The first-order valence-corrected chi connectivity index (χ1v) is 9.50. The number of sulfonamides is 1. The van der Waals surface area contributed by atoms with E-state index in [9.17, 15) is 21.6 Å². The molecule has 0 saturated heterocycles. The fraction of sp³-hybridized carbons (Fsp3) is 0.364. The van der Waals surface area contributed by atoms with Crippen molar-refractivity contribution in [2.75, 3.05) is 12.8 Å². The Kier molecular flexibility index (Phi) is 5.74. The summed E-state index contributed by atoms with van der Waals surface area (Å²) in [6.07, 6.45) is 0.879. The topological polar surface area (TPSA) is 118 Å². The van der Waals surface area contributed by atoms with Gasteiger partial charge in [0.2, 0.25) is 10.0 Å². The summed E-state index contributed by atoms with van der Waals surface area (Å²) in [6.45, 7) is -0.0892. The highest BCUT2D eigenvalue weighted by molar-refractivity contribution is 7.91. The van der Waals surface area contributed by atoms with Gasteiger partial charge in [-0.1, -0.05) is 11.6 Å². The second kappa shape index (κ2) is 6.73. The van der Waals surface area contributed by atoms with Crippen LogP contribution in [0.1, 0.15) is 12.8 Å². The molecule has 0 radical (unpaired) electrons. The van der Waals surface area contributed by atoms with E-state index in [4.69, 9.17) is 16.7 Å². The van der Waals surface area contributed by atoms with Crippen LogP contribution in [0.5, 0.6) is 0 Å². The fourth-order valence-electron chi connectivity index (χ4n) is 1.44. The van der Waals surface area contributed by atoms with Crippen LogP contribution in [0.3, 0.4) is 0 Å². The molecular weight excluding hydrogens is 342 g/mol. The van der Waals surface area contributed by atoms with E-state index in [0.717, 1.165) is 12.3 Å². The molecule has 1 aromatic carbocycles. The number of halogens is 1. The van der Waals surface area contributed by atoms with Crippen molar-refractivity contribution in [3.63, 3.8) is 0 Å². The van der Waals surface area contributed by atoms with Gasteiger partial charge in [-0.2, -0.15) is 0 Å². The molecule has 118 valence electrons. The number of hydrogen-bond acceptors (Lipinski definition) is 5. The minimum Gasteiger partial charge on any atom is -0.481 e. The molecule has 0 unspecified atom stereocenters. The molecule has 0 aliphatic heterocycles. The largest absolute Gasteiger partial charge is 0.481 e. The minimum atomic E-state index is -4.01. The lowest BCUT2D eigenvalue weighted by atomic mass is 10.3. The number of aliphatic carboxylic acids is 1. The predicted octanol–water partition coefficient (Wildman–Crippen LogP) is 0.887. The van der Waals surface area contributed by atoms with Crippen LogP contribution in [0.2, 0.25) is 5.02 Å². The SMILES string of the molecule is CS(=O)(=O)c1ccc(Cl)c(S(=O)(=O)NCCCC(=O)O)c1. The fourth-order valence-corrected chi connectivity index (χ4v) is 3.76. The van der Waals surface area contributed by atoms with Crippen molar-refractivity contribution in [1.82, 2.24) is 4.72 Å². The molecule has 0 bridgehead atoms. The van der Waals surface area contributed by atoms with Gasteiger partial charge in [0, 0.05) is 19.2 Å². The molecule has 1 rings (SSSR count). The number of nitrogens with one attached hydrogen (secondary N) is 1. The first-order chi connectivity index (χ1) is 9.54. The van der Waals surface area contributed by atoms with Gasteiger partial charge in [-0.3, -0.25) is 4.79 Å². The van der Waals surface area contributed by atoms with Crippen molar-refractivity contribution in [1.29, 1.82) is 0 Å². The van der Waals surface area contributed by atoms with Crippen LogP contribution in [0, 0.1) is 0 Å². The number of carboxylic acids is 1. The third kappa shape index (κ3) is 5.27. The molecule has 0 amide bonds. The smallest absolute Gasteiger partial charge is 0.303 e. The summed E-state index contributed by atoms with van der Waals surface area (Å²) in [6, 6.07) is 3.36. The summed E-state index contributed by atoms with van der Waals surface area (Å²) in [5.41, 5.74) is 0. The van der Waals surface area contributed by atoms with Crippen molar-refractivity contribution in [2.24, 2.45) is 0 Å². The molecule has 0 atom stereocenters. The van der Waals surface area contributed by atoms with Crippen molar-refractivity contribution >= 4 is 37.4 Å². The Morgan fingerprint density at radius 3 is 2.43 bits per heavy atom. The Morgan fingerprint density at radius 1 is 1.29 bits per heavy atom. The van der Waals surface area contributed by atoms with Crippen LogP contribution >= 0.6 is 11.6 Å². The standard InChI is InChI=1S/C11H14ClNO6S2/c1-20(16,17)8-4-5-9(12)10(7-8)21(18,19)13-6-2-3-11(14)15/h4-5,7,13H,2-3,6H2,1H3,(H,14,15). The van der Waals surface area contributed by atoms with Gasteiger partial charge in [-0.25, -0.2) is 21.6 Å². The van der Waals surface area contributed by atoms with E-state index in [1.54, 1.807) is 0 Å². The molecule has 0 aliphatic rings. The summed E-state index contributed by atoms with van der Waals surface area (Å²) >= 11 is 5.79. The number of carboxylic acid groups (broad SMARTS) is 1. The lowest BCUT2D eigenvalue weighted by Gasteiger charge is -2.09. The van der Waals surface area contributed by atoms with Crippen molar-refractivity contribution in [3.05, 3.63) is 23.2 Å². The molecule has 0 aliphatic carbocycles. The Morgan fingerprint density at radius 2 is 1.90 bits per heavy atom. The molecular formula is C11H14ClNO6S2. The quantitative estimate of drug-likeness (QED) is 0.701. The van der Waals surface area contributed by atoms with Gasteiger partial charge in [-0.05, 0) is 24.6 Å². The summed E-state index contributed by atoms with van der Waals surface area (Å²) in [7, 11) is -7.58. The Bertz CT molecular complexity index is 742. The van der Waals surface area contributed by atoms with Gasteiger partial charge in [0.15, 0.2) is 9.84 Å². The van der Waals surface area contributed by atoms with E-state index in [0.29, 0.717) is 0 Å². The van der Waals surface area contributed by atoms with Crippen molar-refractivity contribution < 1.29 is 26.7 Å². The van der Waals surface area contributed by atoms with Crippen molar-refractivity contribution in [3.8, 4) is 0 Å². The molecule has 10 heteroatoms. The van der Waals surface area contributed by atoms with E-state index < -0.39 is 25.8 Å². The second-order valence-corrected chi connectivity index (χ2v) is 8.42. The zero-order valence-corrected chi connectivity index (χ0v) is 13.4. The predicted molar refractivity (Wildman–Crippen MR) is 76.6 cm³/mol. The zero-order valence-electron chi connectivity index (χ0n) is 11.0. The first-order valence-electron chi connectivity index (χ1n) is 5.75. The molecule has 21 heavy (non-hydrogen) atoms. The molecule has 7 nitrogen and oxygen atoms in total. The van der Waals surface area contributed by atoms with Crippen LogP contribution in [0.4, 0.5) is 0 Å². The van der Waals surface area contributed by atoms with Crippen LogP contribution in [0.15, 0.2) is 28.0 Å². The van der Waals surface area contributed by atoms with Gasteiger partial charge in [0.05, 0.1) is 9.92 Å². The van der Waals surface area contributed by atoms with Crippen LogP contribution < -0.4 is 4.72 Å². The minimum absolute atomic E-state index is 0.0892. The van der Waals surface area contributed by atoms with E-state index >= 15 is 0 Å². The Hall–Kier alpha value is -1.16. The average Bonchev–Trinajstić information content (AvgIpc) is 2.33. The van der Waals surface area contributed by atoms with Gasteiger partial charge in [0.1, 0.15) is 4.90 Å². The second-order valence-electron chi connectivity index (χ2n) is 4.26. The summed E-state index contributed by atoms with van der Waals surface area (Å²) in [5.74, 6) is -1.04. The number of hydrogen-bond donors (Lipinski definition) is 2.